The van der Waals surface area contributed by atoms with E-state index in [0.717, 1.165) is 18.3 Å². The highest BCUT2D eigenvalue weighted by atomic mass is 32.2. The number of primary amides is 1. The molecule has 212 valence electrons. The first kappa shape index (κ1) is 28.5. The molecular formula is C23H20F5N7O4S. The molecule has 4 aromatic rings. The maximum Gasteiger partial charge on any atom is 0.301 e. The van der Waals surface area contributed by atoms with Gasteiger partial charge < -0.3 is 16.2 Å². The van der Waals surface area contributed by atoms with Crippen LogP contribution in [0.2, 0.25) is 0 Å². The summed E-state index contributed by atoms with van der Waals surface area (Å²) in [6.45, 7) is -1.18. The van der Waals surface area contributed by atoms with Crippen molar-refractivity contribution >= 4 is 38.5 Å². The zero-order chi connectivity index (χ0) is 29.4. The molecule has 0 aliphatic rings. The van der Waals surface area contributed by atoms with Crippen molar-refractivity contribution in [3.8, 4) is 17.0 Å². The van der Waals surface area contributed by atoms with Crippen LogP contribution in [0.4, 0.5) is 33.6 Å². The number of halogens is 5. The molecule has 0 spiro atoms. The van der Waals surface area contributed by atoms with Crippen molar-refractivity contribution in [1.82, 2.24) is 20.2 Å². The Morgan fingerprint density at radius 3 is 2.55 bits per heavy atom. The number of phenols is 1. The molecule has 4 rings (SSSR count). The lowest BCUT2D eigenvalue weighted by Crippen LogP contribution is -2.18. The first-order valence-electron chi connectivity index (χ1n) is 11.3. The molecule has 0 saturated heterocycles. The second kappa shape index (κ2) is 10.6. The van der Waals surface area contributed by atoms with Gasteiger partial charge in [-0.15, -0.1) is 0 Å². The minimum Gasteiger partial charge on any atom is -0.505 e. The van der Waals surface area contributed by atoms with Crippen LogP contribution in [-0.2, 0) is 22.5 Å². The van der Waals surface area contributed by atoms with E-state index in [1.165, 1.54) is 6.92 Å². The fourth-order valence-corrected chi connectivity index (χ4v) is 4.37. The van der Waals surface area contributed by atoms with Crippen LogP contribution in [0.1, 0.15) is 28.5 Å². The summed E-state index contributed by atoms with van der Waals surface area (Å²) in [4.78, 5) is 19.9. The minimum absolute atomic E-state index is 0.00794. The number of H-pyrrole nitrogens is 1. The number of aromatic hydroxyl groups is 1. The Morgan fingerprint density at radius 2 is 1.90 bits per heavy atom. The summed E-state index contributed by atoms with van der Waals surface area (Å²) in [7, 11) is -3.82. The maximum atomic E-state index is 14.5. The lowest BCUT2D eigenvalue weighted by Gasteiger charge is -2.18. The number of carbonyl (C=O) groups excluding carboxylic acids is 1. The van der Waals surface area contributed by atoms with E-state index in [9.17, 15) is 40.3 Å². The van der Waals surface area contributed by atoms with Gasteiger partial charge in [0.2, 0.25) is 10.0 Å². The number of anilines is 2. The summed E-state index contributed by atoms with van der Waals surface area (Å²) < 4.78 is 96.7. The van der Waals surface area contributed by atoms with Gasteiger partial charge in [-0.25, -0.2) is 31.6 Å². The van der Waals surface area contributed by atoms with Crippen molar-refractivity contribution in [2.75, 3.05) is 22.5 Å². The summed E-state index contributed by atoms with van der Waals surface area (Å²) in [6.07, 6.45) is 0.779. The second-order valence-corrected chi connectivity index (χ2v) is 10.4. The molecule has 0 radical (unpaired) electrons. The van der Waals surface area contributed by atoms with E-state index in [0.29, 0.717) is 12.1 Å². The molecule has 1 amide bonds. The van der Waals surface area contributed by atoms with Crippen molar-refractivity contribution < 1.29 is 40.3 Å². The number of amides is 1. The van der Waals surface area contributed by atoms with Gasteiger partial charge in [0, 0.05) is 23.2 Å². The van der Waals surface area contributed by atoms with Gasteiger partial charge in [0.1, 0.15) is 17.5 Å². The molecule has 3 heterocycles. The number of aromatic amines is 1. The highest BCUT2D eigenvalue weighted by Crippen LogP contribution is 2.40. The molecule has 0 fully saturated rings. The minimum atomic E-state index is -4.14. The molecule has 17 heteroatoms. The lowest BCUT2D eigenvalue weighted by molar-refractivity contribution is -0.0277. The standard InChI is InChI=1S/C23H20F5N7O4S/c1-2-40(38,39)35-21-10(3-11(25)8-31-21)7-30-22-18-16(33-34-19(18)20(29)37)6-15(32-22)12-4-14(26)17(36)5-13(12)23(27,28)9-24/h3-6,8,36H,2,7,9H2,1H3,(H2,29,37)(H,30,32)(H,31,35)(H,33,34). The van der Waals surface area contributed by atoms with E-state index >= 15 is 0 Å². The third-order valence-corrected chi connectivity index (χ3v) is 6.98. The Labute approximate surface area is 222 Å². The Hall–Kier alpha value is -4.54. The predicted molar refractivity (Wildman–Crippen MR) is 134 cm³/mol. The van der Waals surface area contributed by atoms with Crippen molar-refractivity contribution in [1.29, 1.82) is 0 Å². The number of nitrogens with one attached hydrogen (secondary N) is 3. The topological polar surface area (TPSA) is 176 Å². The van der Waals surface area contributed by atoms with Crippen molar-refractivity contribution in [3.05, 3.63) is 58.9 Å². The number of hydrogen-bond donors (Lipinski definition) is 5. The van der Waals surface area contributed by atoms with Crippen LogP contribution < -0.4 is 15.8 Å². The number of pyridine rings is 2. The monoisotopic (exact) mass is 585 g/mol. The fourth-order valence-electron chi connectivity index (χ4n) is 3.74. The normalized spacial score (nSPS) is 12.1. The second-order valence-electron chi connectivity index (χ2n) is 8.42. The SMILES string of the molecule is CCS(=O)(=O)Nc1ncc(F)cc1CNc1nc(-c2cc(F)c(O)cc2C(F)(F)CF)cc2[nH]nc(C(N)=O)c12. The third kappa shape index (κ3) is 5.58. The Balaban J connectivity index is 1.88. The van der Waals surface area contributed by atoms with Gasteiger partial charge in [-0.05, 0) is 31.2 Å². The Bertz CT molecular complexity index is 1730. The number of sulfonamides is 1. The number of carbonyl (C=O) groups is 1. The van der Waals surface area contributed by atoms with Crippen LogP contribution >= 0.6 is 0 Å². The van der Waals surface area contributed by atoms with Gasteiger partial charge in [-0.1, -0.05) is 0 Å². The summed E-state index contributed by atoms with van der Waals surface area (Å²) in [6, 6.07) is 2.99. The van der Waals surface area contributed by atoms with Gasteiger partial charge in [-0.3, -0.25) is 14.6 Å². The summed E-state index contributed by atoms with van der Waals surface area (Å²) in [5.41, 5.74) is 3.02. The highest BCUT2D eigenvalue weighted by molar-refractivity contribution is 7.92. The largest absolute Gasteiger partial charge is 0.505 e. The van der Waals surface area contributed by atoms with Crippen LogP contribution in [0.25, 0.3) is 22.2 Å². The molecule has 0 atom stereocenters. The Kier molecular flexibility index (Phi) is 7.51. The first-order chi connectivity index (χ1) is 18.8. The molecule has 0 aliphatic heterocycles. The van der Waals surface area contributed by atoms with E-state index in [-0.39, 0.29) is 51.8 Å². The van der Waals surface area contributed by atoms with Gasteiger partial charge in [0.25, 0.3) is 5.91 Å². The van der Waals surface area contributed by atoms with E-state index < -0.39 is 57.0 Å². The molecule has 0 bridgehead atoms. The summed E-state index contributed by atoms with van der Waals surface area (Å²) >= 11 is 0. The number of alkyl halides is 3. The molecule has 0 unspecified atom stereocenters. The van der Waals surface area contributed by atoms with Crippen LogP contribution in [0.3, 0.4) is 0 Å². The third-order valence-electron chi connectivity index (χ3n) is 5.71. The van der Waals surface area contributed by atoms with Gasteiger partial charge in [-0.2, -0.15) is 13.9 Å². The molecule has 3 aromatic heterocycles. The van der Waals surface area contributed by atoms with Crippen LogP contribution in [0, 0.1) is 11.6 Å². The summed E-state index contributed by atoms with van der Waals surface area (Å²) in [5.74, 6) is -9.20. The van der Waals surface area contributed by atoms with Crippen LogP contribution in [0.5, 0.6) is 5.75 Å². The first-order valence-corrected chi connectivity index (χ1v) is 13.0. The van der Waals surface area contributed by atoms with Gasteiger partial charge in [0.05, 0.1) is 28.5 Å². The van der Waals surface area contributed by atoms with Crippen LogP contribution in [-0.4, -0.2) is 52.0 Å². The number of fused-ring (bicyclic) bond motifs is 1. The quantitative estimate of drug-likeness (QED) is 0.176. The predicted octanol–water partition coefficient (Wildman–Crippen LogP) is 3.54. The van der Waals surface area contributed by atoms with Crippen LogP contribution in [0.15, 0.2) is 30.5 Å². The lowest BCUT2D eigenvalue weighted by atomic mass is 9.97. The maximum absolute atomic E-state index is 14.5. The molecular weight excluding hydrogens is 565 g/mol. The molecule has 11 nitrogen and oxygen atoms in total. The van der Waals surface area contributed by atoms with E-state index in [2.05, 4.69) is 30.2 Å². The highest BCUT2D eigenvalue weighted by Gasteiger charge is 2.36. The zero-order valence-corrected chi connectivity index (χ0v) is 21.2. The summed E-state index contributed by atoms with van der Waals surface area (Å²) in [5, 5.41) is 18.6. The van der Waals surface area contributed by atoms with Gasteiger partial charge in [0.15, 0.2) is 23.9 Å². The molecule has 1 aromatic carbocycles. The number of rotatable bonds is 10. The molecule has 6 N–H and O–H groups in total. The van der Waals surface area contributed by atoms with E-state index in [1.54, 1.807) is 0 Å². The van der Waals surface area contributed by atoms with Crippen molar-refractivity contribution in [2.24, 2.45) is 5.73 Å². The van der Waals surface area contributed by atoms with Crippen molar-refractivity contribution in [2.45, 2.75) is 19.4 Å². The number of nitrogens with zero attached hydrogens (tertiary/aromatic N) is 3. The van der Waals surface area contributed by atoms with Crippen molar-refractivity contribution in [3.63, 3.8) is 0 Å². The smallest absolute Gasteiger partial charge is 0.301 e. The van der Waals surface area contributed by atoms with E-state index in [4.69, 9.17) is 5.73 Å². The molecule has 0 aliphatic carbocycles. The number of aromatic nitrogens is 4. The van der Waals surface area contributed by atoms with E-state index in [1.807, 2.05) is 0 Å². The Morgan fingerprint density at radius 1 is 1.18 bits per heavy atom. The average molecular weight is 586 g/mol. The molecule has 0 saturated carbocycles. The average Bonchev–Trinajstić information content (AvgIpc) is 3.34. The number of benzene rings is 1. The molecule has 40 heavy (non-hydrogen) atoms. The van der Waals surface area contributed by atoms with Gasteiger partial charge >= 0.3 is 5.92 Å². The zero-order valence-electron chi connectivity index (χ0n) is 20.4. The number of hydrogen-bond acceptors (Lipinski definition) is 8. The number of nitrogens with two attached hydrogens (primary N) is 1. The number of phenolic OH excluding ortho intramolecular Hbond substituents is 1. The fraction of sp³-hybridized carbons (Fsp3) is 0.217.